The number of carbonyl (C=O) groups excluding carboxylic acids is 4. The fourth-order valence-electron chi connectivity index (χ4n) is 5.46. The number of primary amides is 2. The first-order valence-corrected chi connectivity index (χ1v) is 13.5. The van der Waals surface area contributed by atoms with Gasteiger partial charge in [0.2, 0.25) is 11.8 Å². The Kier molecular flexibility index (Phi) is 13.2. The van der Waals surface area contributed by atoms with Crippen LogP contribution in [0.15, 0.2) is 49.1 Å². The van der Waals surface area contributed by atoms with Crippen LogP contribution in [0.3, 0.4) is 0 Å². The normalized spacial score (nSPS) is 18.1. The highest BCUT2D eigenvalue weighted by atomic mass is 79.9. The minimum atomic E-state index is -0.514. The van der Waals surface area contributed by atoms with Gasteiger partial charge >= 0.3 is 0 Å². The van der Waals surface area contributed by atoms with E-state index >= 15 is 0 Å². The molecule has 0 aromatic carbocycles. The Bertz CT molecular complexity index is 1110. The maximum Gasteiger partial charge on any atom is 0.260 e. The van der Waals surface area contributed by atoms with Gasteiger partial charge in [0.05, 0.1) is 0 Å². The summed E-state index contributed by atoms with van der Waals surface area (Å²) >= 11 is 0. The average Bonchev–Trinajstić information content (AvgIpc) is 3.61. The second-order valence-corrected chi connectivity index (χ2v) is 10.2. The van der Waals surface area contributed by atoms with E-state index in [0.717, 1.165) is 51.6 Å². The quantitative estimate of drug-likeness (QED) is 0.181. The molecule has 40 heavy (non-hydrogen) atoms. The minimum Gasteiger partial charge on any atom is -1.00 e. The number of halogens is 2. The van der Waals surface area contributed by atoms with Gasteiger partial charge in [-0.3, -0.25) is 19.2 Å². The highest BCUT2D eigenvalue weighted by Gasteiger charge is 2.35. The van der Waals surface area contributed by atoms with Crippen LogP contribution in [0.4, 0.5) is 0 Å². The third-order valence-corrected chi connectivity index (χ3v) is 7.48. The summed E-state index contributed by atoms with van der Waals surface area (Å²) in [5, 5.41) is 0. The molecule has 10 nitrogen and oxygen atoms in total. The Hall–Kier alpha value is -2.86. The van der Waals surface area contributed by atoms with Crippen LogP contribution in [-0.4, -0.2) is 58.6 Å². The monoisotopic (exact) mass is 680 g/mol. The summed E-state index contributed by atoms with van der Waals surface area (Å²) in [4.78, 5) is 52.3. The average molecular weight is 682 g/mol. The number of amides is 4. The summed E-state index contributed by atoms with van der Waals surface area (Å²) < 4.78 is 4.04. The number of unbranched alkanes of at least 4 members (excludes halogenated alkanes) is 3. The maximum absolute atomic E-state index is 12.9. The van der Waals surface area contributed by atoms with E-state index in [0.29, 0.717) is 37.1 Å². The van der Waals surface area contributed by atoms with Crippen molar-refractivity contribution in [1.29, 1.82) is 0 Å². The van der Waals surface area contributed by atoms with Crippen molar-refractivity contribution in [1.82, 2.24) is 9.80 Å². The summed E-state index contributed by atoms with van der Waals surface area (Å²) in [7, 11) is 0. The van der Waals surface area contributed by atoms with Gasteiger partial charge in [0.25, 0.3) is 11.8 Å². The number of aromatic nitrogens is 2. The van der Waals surface area contributed by atoms with Gasteiger partial charge in [-0.25, -0.2) is 9.13 Å². The van der Waals surface area contributed by atoms with Gasteiger partial charge in [-0.1, -0.05) is 0 Å². The van der Waals surface area contributed by atoms with Crippen molar-refractivity contribution in [3.63, 3.8) is 0 Å². The molecule has 2 aromatic heterocycles. The van der Waals surface area contributed by atoms with Crippen LogP contribution in [0, 0.1) is 0 Å². The zero-order valence-corrected chi connectivity index (χ0v) is 25.8. The van der Waals surface area contributed by atoms with Crippen LogP contribution in [0.1, 0.15) is 72.1 Å². The number of pyridine rings is 2. The van der Waals surface area contributed by atoms with Gasteiger partial charge in [0.1, 0.15) is 36.3 Å². The third-order valence-electron chi connectivity index (χ3n) is 7.48. The van der Waals surface area contributed by atoms with Crippen molar-refractivity contribution in [2.75, 3.05) is 13.1 Å². The molecule has 0 spiro atoms. The Morgan fingerprint density at radius 1 is 0.700 bits per heavy atom. The molecule has 0 aliphatic carbocycles. The van der Waals surface area contributed by atoms with Crippen molar-refractivity contribution in [3.05, 3.63) is 60.2 Å². The number of nitrogens with zero attached hydrogens (tertiary/aromatic N) is 4. The minimum absolute atomic E-state index is 0. The highest BCUT2D eigenvalue weighted by molar-refractivity contribution is 5.98. The molecule has 2 aliphatic rings. The lowest BCUT2D eigenvalue weighted by Gasteiger charge is -2.21. The van der Waals surface area contributed by atoms with Crippen molar-refractivity contribution in [3.8, 4) is 0 Å². The largest absolute Gasteiger partial charge is 1.00 e. The molecule has 4 rings (SSSR count). The highest BCUT2D eigenvalue weighted by Crippen LogP contribution is 2.20. The number of likely N-dealkylation sites (tertiary alicyclic amines) is 2. The Labute approximate surface area is 256 Å². The van der Waals surface area contributed by atoms with Crippen LogP contribution in [0.2, 0.25) is 0 Å². The molecule has 2 aliphatic heterocycles. The molecule has 4 heterocycles. The van der Waals surface area contributed by atoms with Crippen molar-refractivity contribution in [2.45, 2.75) is 76.5 Å². The molecule has 4 N–H and O–H groups in total. The molecule has 12 heteroatoms. The maximum atomic E-state index is 12.9. The molecule has 0 bridgehead atoms. The summed E-state index contributed by atoms with van der Waals surface area (Å²) in [5.74, 6) is -1.18. The first-order valence-electron chi connectivity index (χ1n) is 13.5. The standard InChI is InChI=1S/C28H36N6O4.2BrH/c29-25(35)23-11-7-17-33(23)27(37)21-9-5-15-31(19-21)13-3-1-2-4-14-32-16-6-10-22(20-32)28(38)34-18-8-12-24(34)26(30)36;;/h5-6,9-10,15-16,19-20,23-24H,1-4,7-8,11-14,17-18H2,(H2-2,29,30,35,36);2*1H/t23-,24-;;/m0../s1. The fourth-order valence-corrected chi connectivity index (χ4v) is 5.46. The summed E-state index contributed by atoms with van der Waals surface area (Å²) in [5.41, 5.74) is 12.1. The smallest absolute Gasteiger partial charge is 0.260 e. The van der Waals surface area contributed by atoms with E-state index in [4.69, 9.17) is 11.5 Å². The second kappa shape index (κ2) is 15.8. The van der Waals surface area contributed by atoms with E-state index < -0.39 is 23.9 Å². The Morgan fingerprint density at radius 3 is 1.48 bits per heavy atom. The summed E-state index contributed by atoms with van der Waals surface area (Å²) in [6, 6.07) is 6.26. The molecular formula is C28H38Br2N6O4. The van der Waals surface area contributed by atoms with Crippen LogP contribution in [0.5, 0.6) is 0 Å². The van der Waals surface area contributed by atoms with E-state index in [1.807, 2.05) is 46.1 Å². The Balaban J connectivity index is 0.00000280. The van der Waals surface area contributed by atoms with Gasteiger partial charge < -0.3 is 55.2 Å². The predicted octanol–water partition coefficient (Wildman–Crippen LogP) is -5.29. The number of nitrogens with two attached hydrogens (primary N) is 2. The molecule has 0 radical (unpaired) electrons. The lowest BCUT2D eigenvalue weighted by atomic mass is 10.1. The molecule has 0 unspecified atom stereocenters. The van der Waals surface area contributed by atoms with Crippen molar-refractivity contribution < 1.29 is 62.3 Å². The zero-order valence-electron chi connectivity index (χ0n) is 22.6. The van der Waals surface area contributed by atoms with Crippen LogP contribution in [-0.2, 0) is 22.7 Å². The van der Waals surface area contributed by atoms with Crippen LogP contribution >= 0.6 is 0 Å². The first kappa shape index (κ1) is 33.3. The van der Waals surface area contributed by atoms with E-state index in [9.17, 15) is 19.2 Å². The van der Waals surface area contributed by atoms with Crippen molar-refractivity contribution >= 4 is 23.6 Å². The van der Waals surface area contributed by atoms with Crippen LogP contribution in [0.25, 0.3) is 0 Å². The Morgan fingerprint density at radius 2 is 1.10 bits per heavy atom. The summed E-state index contributed by atoms with van der Waals surface area (Å²) in [6.07, 6.45) is 14.5. The number of hydrogen-bond donors (Lipinski definition) is 2. The van der Waals surface area contributed by atoms with E-state index in [1.165, 1.54) is 0 Å². The van der Waals surface area contributed by atoms with E-state index in [2.05, 4.69) is 0 Å². The topological polar surface area (TPSA) is 135 Å². The van der Waals surface area contributed by atoms with Gasteiger partial charge in [-0.15, -0.1) is 0 Å². The number of rotatable bonds is 11. The van der Waals surface area contributed by atoms with Gasteiger partial charge in [0, 0.05) is 38.1 Å². The number of carbonyl (C=O) groups is 4. The lowest BCUT2D eigenvalue weighted by molar-refractivity contribution is -0.699. The van der Waals surface area contributed by atoms with Crippen molar-refractivity contribution in [2.24, 2.45) is 11.5 Å². The molecule has 0 saturated carbocycles. The third kappa shape index (κ3) is 8.33. The SMILES string of the molecule is NC(=O)[C@@H]1CCCN1C(=O)c1ccc[n+](CCCCCC[n+]2cccc(C(=O)N3CCC[C@H]3C(N)=O)c2)c1.[Br-].[Br-]. The van der Waals surface area contributed by atoms with E-state index in [1.54, 1.807) is 21.9 Å². The number of hydrogen-bond acceptors (Lipinski definition) is 4. The van der Waals surface area contributed by atoms with Gasteiger partial charge in [0.15, 0.2) is 24.8 Å². The van der Waals surface area contributed by atoms with Gasteiger partial charge in [-0.05, 0) is 50.7 Å². The molecule has 2 aromatic rings. The van der Waals surface area contributed by atoms with Crippen LogP contribution < -0.4 is 54.6 Å². The molecule has 2 atom stereocenters. The predicted molar refractivity (Wildman–Crippen MR) is 138 cm³/mol. The fraction of sp³-hybridized carbons (Fsp3) is 0.500. The molecule has 218 valence electrons. The van der Waals surface area contributed by atoms with E-state index in [-0.39, 0.29) is 45.8 Å². The summed E-state index contributed by atoms with van der Waals surface area (Å²) in [6.45, 7) is 2.72. The van der Waals surface area contributed by atoms with Gasteiger partial charge in [-0.2, -0.15) is 0 Å². The number of aryl methyl sites for hydroxylation is 2. The lowest BCUT2D eigenvalue weighted by Crippen LogP contribution is -3.00. The molecule has 4 amide bonds. The molecular weight excluding hydrogens is 644 g/mol. The zero-order chi connectivity index (χ0) is 27.1. The second-order valence-electron chi connectivity index (χ2n) is 10.2. The molecule has 2 saturated heterocycles. The molecule has 2 fully saturated rings. The first-order chi connectivity index (χ1) is 18.3.